The monoisotopic (exact) mass is 357 g/mol. The highest BCUT2D eigenvalue weighted by atomic mass is 79.9. The Morgan fingerprint density at radius 2 is 2.38 bits per heavy atom. The summed E-state index contributed by atoms with van der Waals surface area (Å²) in [6.07, 6.45) is 3.75. The number of rotatable bonds is 5. The maximum atomic E-state index is 11.8. The molecule has 1 aliphatic heterocycles. The molecule has 0 spiro atoms. The number of aromatic nitrogens is 1. The molecule has 1 aliphatic rings. The Balaban J connectivity index is 2.54. The smallest absolute Gasteiger partial charge is 0.329 e. The van der Waals surface area contributed by atoms with Gasteiger partial charge >= 0.3 is 11.7 Å². The summed E-state index contributed by atoms with van der Waals surface area (Å²) in [4.78, 5) is 28.2. The fraction of sp³-hybridized carbons (Fsp3) is 0.538. The van der Waals surface area contributed by atoms with Crippen LogP contribution < -0.4 is 4.90 Å². The van der Waals surface area contributed by atoms with Crippen LogP contribution in [0.1, 0.15) is 32.6 Å². The summed E-state index contributed by atoms with van der Waals surface area (Å²) in [6, 6.07) is 1.36. The second-order valence-electron chi connectivity index (χ2n) is 5.10. The first-order valence-corrected chi connectivity index (χ1v) is 7.52. The summed E-state index contributed by atoms with van der Waals surface area (Å²) in [7, 11) is 0. The van der Waals surface area contributed by atoms with Crippen molar-refractivity contribution in [2.24, 2.45) is 0 Å². The molecule has 2 rings (SSSR count). The molecule has 1 N–H and O–H groups in total. The van der Waals surface area contributed by atoms with Gasteiger partial charge in [0, 0.05) is 23.3 Å². The maximum absolute atomic E-state index is 11.8. The van der Waals surface area contributed by atoms with E-state index in [-0.39, 0.29) is 11.5 Å². The van der Waals surface area contributed by atoms with Crippen molar-refractivity contribution in [3.05, 3.63) is 26.9 Å². The highest BCUT2D eigenvalue weighted by molar-refractivity contribution is 9.10. The lowest BCUT2D eigenvalue weighted by Gasteiger charge is -2.35. The highest BCUT2D eigenvalue weighted by Gasteiger charge is 2.49. The molecule has 0 aliphatic carbocycles. The first-order valence-electron chi connectivity index (χ1n) is 6.73. The molecule has 21 heavy (non-hydrogen) atoms. The van der Waals surface area contributed by atoms with E-state index in [1.165, 1.54) is 12.3 Å². The van der Waals surface area contributed by atoms with E-state index < -0.39 is 16.4 Å². The molecule has 0 bridgehead atoms. The highest BCUT2D eigenvalue weighted by Crippen LogP contribution is 2.41. The molecule has 2 heterocycles. The van der Waals surface area contributed by atoms with E-state index in [0.29, 0.717) is 36.7 Å². The third-order valence-electron chi connectivity index (χ3n) is 3.82. The number of pyridine rings is 1. The summed E-state index contributed by atoms with van der Waals surface area (Å²) in [6.45, 7) is 2.37. The number of anilines is 1. The molecular formula is C13H16BrN3O4. The van der Waals surface area contributed by atoms with E-state index in [0.717, 1.165) is 0 Å². The van der Waals surface area contributed by atoms with Crippen molar-refractivity contribution >= 4 is 33.4 Å². The minimum atomic E-state index is -1.10. The Hall–Kier alpha value is -1.70. The zero-order chi connectivity index (χ0) is 15.6. The Morgan fingerprint density at radius 1 is 1.67 bits per heavy atom. The van der Waals surface area contributed by atoms with Crippen molar-refractivity contribution in [3.8, 4) is 0 Å². The van der Waals surface area contributed by atoms with Crippen molar-refractivity contribution in [1.82, 2.24) is 4.98 Å². The van der Waals surface area contributed by atoms with Crippen LogP contribution in [0.25, 0.3) is 0 Å². The van der Waals surface area contributed by atoms with E-state index >= 15 is 0 Å². The molecule has 1 unspecified atom stereocenters. The van der Waals surface area contributed by atoms with Gasteiger partial charge in [-0.1, -0.05) is 13.3 Å². The Labute approximate surface area is 130 Å². The Morgan fingerprint density at radius 3 is 2.95 bits per heavy atom. The van der Waals surface area contributed by atoms with Gasteiger partial charge in [0.25, 0.3) is 0 Å². The lowest BCUT2D eigenvalue weighted by Crippen LogP contribution is -2.51. The number of aliphatic carboxylic acids is 1. The third kappa shape index (κ3) is 2.72. The fourth-order valence-electron chi connectivity index (χ4n) is 2.95. The van der Waals surface area contributed by atoms with E-state index in [1.807, 2.05) is 6.92 Å². The number of hydrogen-bond donors (Lipinski definition) is 1. The standard InChI is InChI=1S/C13H16BrN3O4/c1-2-4-13(12(18)19)5-3-6-16(13)11-10(17(20)21)7-9(14)8-15-11/h7-8H,2-6H2,1H3,(H,18,19). The van der Waals surface area contributed by atoms with Crippen molar-refractivity contribution < 1.29 is 14.8 Å². The summed E-state index contributed by atoms with van der Waals surface area (Å²) >= 11 is 3.16. The lowest BCUT2D eigenvalue weighted by atomic mass is 9.90. The Kier molecular flexibility index (Phi) is 4.46. The van der Waals surface area contributed by atoms with Crippen LogP contribution in [0.3, 0.4) is 0 Å². The number of halogens is 1. The van der Waals surface area contributed by atoms with Crippen LogP contribution in [0.5, 0.6) is 0 Å². The van der Waals surface area contributed by atoms with E-state index in [1.54, 1.807) is 4.90 Å². The Bertz CT molecular complexity index is 581. The molecule has 0 radical (unpaired) electrons. The third-order valence-corrected chi connectivity index (χ3v) is 4.25. The number of carboxylic acids is 1. The molecule has 8 heteroatoms. The van der Waals surface area contributed by atoms with Gasteiger partial charge in [-0.05, 0) is 35.2 Å². The van der Waals surface area contributed by atoms with Gasteiger partial charge in [0.1, 0.15) is 5.54 Å². The average Bonchev–Trinajstić information content (AvgIpc) is 2.84. The van der Waals surface area contributed by atoms with Crippen molar-refractivity contribution in [1.29, 1.82) is 0 Å². The minimum absolute atomic E-state index is 0.136. The van der Waals surface area contributed by atoms with E-state index in [4.69, 9.17) is 0 Å². The van der Waals surface area contributed by atoms with Crippen LogP contribution in [-0.2, 0) is 4.79 Å². The number of nitro groups is 1. The van der Waals surface area contributed by atoms with Gasteiger partial charge in [0.15, 0.2) is 0 Å². The van der Waals surface area contributed by atoms with Gasteiger partial charge in [-0.25, -0.2) is 9.78 Å². The van der Waals surface area contributed by atoms with Crippen molar-refractivity contribution in [2.75, 3.05) is 11.4 Å². The average molecular weight is 358 g/mol. The molecule has 1 saturated heterocycles. The molecule has 114 valence electrons. The SMILES string of the molecule is CCCC1(C(=O)O)CCCN1c1ncc(Br)cc1[N+](=O)[O-]. The van der Waals surface area contributed by atoms with Crippen LogP contribution in [0.4, 0.5) is 11.5 Å². The molecule has 1 atom stereocenters. The molecule has 1 fully saturated rings. The van der Waals surface area contributed by atoms with Gasteiger partial charge in [-0.2, -0.15) is 0 Å². The van der Waals surface area contributed by atoms with Crippen LogP contribution >= 0.6 is 15.9 Å². The van der Waals surface area contributed by atoms with Gasteiger partial charge in [-0.3, -0.25) is 10.1 Å². The van der Waals surface area contributed by atoms with Crippen molar-refractivity contribution in [3.63, 3.8) is 0 Å². The molecule has 1 aromatic rings. The van der Waals surface area contributed by atoms with Gasteiger partial charge < -0.3 is 10.0 Å². The van der Waals surface area contributed by atoms with Gasteiger partial charge in [0.05, 0.1) is 4.92 Å². The summed E-state index contributed by atoms with van der Waals surface area (Å²) < 4.78 is 0.494. The molecule has 0 saturated carbocycles. The first kappa shape index (κ1) is 15.7. The predicted octanol–water partition coefficient (Wildman–Crippen LogP) is 2.98. The zero-order valence-corrected chi connectivity index (χ0v) is 13.2. The normalized spacial score (nSPS) is 21.5. The van der Waals surface area contributed by atoms with Crippen LogP contribution in [0.15, 0.2) is 16.7 Å². The number of carbonyl (C=O) groups is 1. The number of carboxylic acid groups (broad SMARTS) is 1. The molecule has 0 aromatic carbocycles. The molecule has 7 nitrogen and oxygen atoms in total. The first-order chi connectivity index (χ1) is 9.92. The minimum Gasteiger partial charge on any atom is -0.479 e. The van der Waals surface area contributed by atoms with Gasteiger partial charge in [0.2, 0.25) is 5.82 Å². The fourth-order valence-corrected chi connectivity index (χ4v) is 3.27. The quantitative estimate of drug-likeness (QED) is 0.642. The zero-order valence-electron chi connectivity index (χ0n) is 11.6. The predicted molar refractivity (Wildman–Crippen MR) is 80.4 cm³/mol. The van der Waals surface area contributed by atoms with Crippen molar-refractivity contribution in [2.45, 2.75) is 38.1 Å². The van der Waals surface area contributed by atoms with E-state index in [2.05, 4.69) is 20.9 Å². The lowest BCUT2D eigenvalue weighted by molar-refractivity contribution is -0.384. The van der Waals surface area contributed by atoms with Crippen LogP contribution in [0, 0.1) is 10.1 Å². The van der Waals surface area contributed by atoms with Crippen LogP contribution in [-0.4, -0.2) is 33.1 Å². The second kappa shape index (κ2) is 5.97. The number of nitrogens with zero attached hydrogens (tertiary/aromatic N) is 3. The van der Waals surface area contributed by atoms with Gasteiger partial charge in [-0.15, -0.1) is 0 Å². The summed E-state index contributed by atoms with van der Waals surface area (Å²) in [5.74, 6) is -0.808. The molecule has 0 amide bonds. The molecule has 1 aromatic heterocycles. The maximum Gasteiger partial charge on any atom is 0.329 e. The number of hydrogen-bond acceptors (Lipinski definition) is 5. The summed E-state index contributed by atoms with van der Waals surface area (Å²) in [5, 5.41) is 20.9. The second-order valence-corrected chi connectivity index (χ2v) is 6.01. The van der Waals surface area contributed by atoms with Crippen LogP contribution in [0.2, 0.25) is 0 Å². The largest absolute Gasteiger partial charge is 0.479 e. The summed E-state index contributed by atoms with van der Waals surface area (Å²) in [5.41, 5.74) is -1.27. The molecular weight excluding hydrogens is 342 g/mol. The van der Waals surface area contributed by atoms with E-state index in [9.17, 15) is 20.0 Å². The topological polar surface area (TPSA) is 96.6 Å².